The molecule has 0 aromatic heterocycles. The van der Waals surface area contributed by atoms with Crippen LogP contribution in [0.5, 0.6) is 5.75 Å². The first-order valence-corrected chi connectivity index (χ1v) is 7.62. The van der Waals surface area contributed by atoms with Crippen LogP contribution in [0.4, 0.5) is 0 Å². The van der Waals surface area contributed by atoms with Crippen molar-refractivity contribution in [1.82, 2.24) is 5.32 Å². The smallest absolute Gasteiger partial charge is 0.123 e. The van der Waals surface area contributed by atoms with Crippen LogP contribution >= 0.6 is 0 Å². The molecule has 1 N–H and O–H groups in total. The van der Waals surface area contributed by atoms with E-state index in [4.69, 9.17) is 4.74 Å². The summed E-state index contributed by atoms with van der Waals surface area (Å²) < 4.78 is 5.96. The third-order valence-electron chi connectivity index (χ3n) is 4.21. The van der Waals surface area contributed by atoms with Gasteiger partial charge in [0.15, 0.2) is 0 Å². The number of rotatable bonds is 5. The molecule has 0 bridgehead atoms. The first-order valence-electron chi connectivity index (χ1n) is 7.62. The van der Waals surface area contributed by atoms with Crippen molar-refractivity contribution in [2.24, 2.45) is 5.92 Å². The van der Waals surface area contributed by atoms with E-state index in [-0.39, 0.29) is 5.60 Å². The quantitative estimate of drug-likeness (QED) is 0.867. The fourth-order valence-electron chi connectivity index (χ4n) is 3.12. The Labute approximate surface area is 116 Å². The first-order chi connectivity index (χ1) is 9.07. The molecule has 2 heteroatoms. The van der Waals surface area contributed by atoms with Crippen molar-refractivity contribution >= 4 is 0 Å². The van der Waals surface area contributed by atoms with Gasteiger partial charge in [0, 0.05) is 12.5 Å². The lowest BCUT2D eigenvalue weighted by atomic mass is 9.95. The normalized spacial score (nSPS) is 21.8. The highest BCUT2D eigenvalue weighted by Crippen LogP contribution is 2.40. The minimum absolute atomic E-state index is 0.0366. The summed E-state index contributed by atoms with van der Waals surface area (Å²) in [5, 5.41) is 3.64. The maximum atomic E-state index is 5.96. The Morgan fingerprint density at radius 2 is 2.16 bits per heavy atom. The molecule has 0 spiro atoms. The van der Waals surface area contributed by atoms with Gasteiger partial charge in [0.2, 0.25) is 0 Å². The van der Waals surface area contributed by atoms with E-state index < -0.39 is 0 Å². The zero-order valence-electron chi connectivity index (χ0n) is 12.3. The summed E-state index contributed by atoms with van der Waals surface area (Å²) in [4.78, 5) is 0. The molecule has 1 unspecified atom stereocenters. The van der Waals surface area contributed by atoms with E-state index in [2.05, 4.69) is 44.3 Å². The minimum Gasteiger partial charge on any atom is -0.487 e. The second-order valence-electron chi connectivity index (χ2n) is 6.70. The lowest BCUT2D eigenvalue weighted by Crippen LogP contribution is -2.24. The van der Waals surface area contributed by atoms with Crippen LogP contribution in [0.1, 0.15) is 57.2 Å². The third kappa shape index (κ3) is 2.94. The number of nitrogens with one attached hydrogen (secondary N) is 1. The molecule has 1 aliphatic carbocycles. The van der Waals surface area contributed by atoms with Gasteiger partial charge in [-0.2, -0.15) is 0 Å². The van der Waals surface area contributed by atoms with E-state index in [1.54, 1.807) is 0 Å². The third-order valence-corrected chi connectivity index (χ3v) is 4.21. The number of benzene rings is 1. The van der Waals surface area contributed by atoms with Crippen molar-refractivity contribution in [1.29, 1.82) is 0 Å². The van der Waals surface area contributed by atoms with E-state index in [0.29, 0.717) is 6.04 Å². The van der Waals surface area contributed by atoms with Crippen molar-refractivity contribution in [3.05, 3.63) is 29.3 Å². The van der Waals surface area contributed by atoms with Crippen molar-refractivity contribution in [2.45, 2.75) is 58.1 Å². The van der Waals surface area contributed by atoms with E-state index in [9.17, 15) is 0 Å². The Morgan fingerprint density at radius 3 is 2.84 bits per heavy atom. The summed E-state index contributed by atoms with van der Waals surface area (Å²) in [6, 6.07) is 7.29. The molecule has 1 aromatic rings. The molecule has 2 aliphatic rings. The van der Waals surface area contributed by atoms with Crippen LogP contribution < -0.4 is 10.1 Å². The van der Waals surface area contributed by atoms with Gasteiger partial charge in [-0.3, -0.25) is 0 Å². The predicted octanol–water partition coefficient (Wildman–Crippen LogP) is 3.85. The highest BCUT2D eigenvalue weighted by Gasteiger charge is 2.31. The number of fused-ring (bicyclic) bond motifs is 1. The van der Waals surface area contributed by atoms with E-state index in [1.807, 2.05) is 0 Å². The summed E-state index contributed by atoms with van der Waals surface area (Å²) in [5.74, 6) is 2.03. The molecule has 0 radical (unpaired) electrons. The van der Waals surface area contributed by atoms with E-state index >= 15 is 0 Å². The van der Waals surface area contributed by atoms with Crippen molar-refractivity contribution in [3.63, 3.8) is 0 Å². The maximum absolute atomic E-state index is 5.96. The molecule has 1 atom stereocenters. The topological polar surface area (TPSA) is 21.3 Å². The van der Waals surface area contributed by atoms with Gasteiger partial charge < -0.3 is 10.1 Å². The summed E-state index contributed by atoms with van der Waals surface area (Å²) in [5.41, 5.74) is 2.78. The lowest BCUT2D eigenvalue weighted by Gasteiger charge is -2.18. The first kappa shape index (κ1) is 13.0. The summed E-state index contributed by atoms with van der Waals surface area (Å²) in [6.07, 6.45) is 5.15. The van der Waals surface area contributed by atoms with Crippen LogP contribution in [0.25, 0.3) is 0 Å². The molecule has 0 amide bonds. The lowest BCUT2D eigenvalue weighted by molar-refractivity contribution is 0.138. The van der Waals surface area contributed by atoms with Crippen LogP contribution in [0, 0.1) is 5.92 Å². The maximum Gasteiger partial charge on any atom is 0.123 e. The van der Waals surface area contributed by atoms with Gasteiger partial charge >= 0.3 is 0 Å². The van der Waals surface area contributed by atoms with Crippen molar-refractivity contribution in [2.75, 3.05) is 6.54 Å². The van der Waals surface area contributed by atoms with Crippen LogP contribution in [-0.2, 0) is 6.42 Å². The fraction of sp³-hybridized carbons (Fsp3) is 0.647. The van der Waals surface area contributed by atoms with Gasteiger partial charge in [0.25, 0.3) is 0 Å². The van der Waals surface area contributed by atoms with Crippen LogP contribution in [0.3, 0.4) is 0 Å². The Hall–Kier alpha value is -1.02. The summed E-state index contributed by atoms with van der Waals surface area (Å²) >= 11 is 0. The average Bonchev–Trinajstić information content (AvgIpc) is 3.08. The van der Waals surface area contributed by atoms with E-state index in [0.717, 1.165) is 24.6 Å². The largest absolute Gasteiger partial charge is 0.487 e. The molecule has 104 valence electrons. The van der Waals surface area contributed by atoms with Crippen molar-refractivity contribution in [3.8, 4) is 5.75 Å². The number of ether oxygens (including phenoxy) is 1. The molecular formula is C17H25NO. The summed E-state index contributed by atoms with van der Waals surface area (Å²) in [6.45, 7) is 7.56. The van der Waals surface area contributed by atoms with Gasteiger partial charge in [-0.05, 0) is 49.9 Å². The Kier molecular flexibility index (Phi) is 3.30. The van der Waals surface area contributed by atoms with E-state index in [1.165, 1.54) is 30.4 Å². The zero-order valence-corrected chi connectivity index (χ0v) is 12.3. The molecule has 1 fully saturated rings. The SMILES string of the molecule is CCNC(CC1CC1)c1ccc2c(c1)CC(C)(C)O2. The van der Waals surface area contributed by atoms with Gasteiger partial charge in [-0.15, -0.1) is 0 Å². The molecule has 0 saturated heterocycles. The zero-order chi connectivity index (χ0) is 13.5. The van der Waals surface area contributed by atoms with Gasteiger partial charge in [-0.1, -0.05) is 31.9 Å². The number of hydrogen-bond acceptors (Lipinski definition) is 2. The second kappa shape index (κ2) is 4.82. The Bertz CT molecular complexity index is 462. The second-order valence-corrected chi connectivity index (χ2v) is 6.70. The van der Waals surface area contributed by atoms with Crippen molar-refractivity contribution < 1.29 is 4.74 Å². The minimum atomic E-state index is -0.0366. The average molecular weight is 259 g/mol. The highest BCUT2D eigenvalue weighted by atomic mass is 16.5. The summed E-state index contributed by atoms with van der Waals surface area (Å²) in [7, 11) is 0. The molecule has 3 rings (SSSR count). The van der Waals surface area contributed by atoms with Gasteiger partial charge in [-0.25, -0.2) is 0 Å². The molecular weight excluding hydrogens is 234 g/mol. The fourth-order valence-corrected chi connectivity index (χ4v) is 3.12. The highest BCUT2D eigenvalue weighted by molar-refractivity contribution is 5.42. The molecule has 2 nitrogen and oxygen atoms in total. The monoisotopic (exact) mass is 259 g/mol. The molecule has 1 aromatic carbocycles. The standard InChI is InChI=1S/C17H25NO/c1-4-18-15(9-12-5-6-12)13-7-8-16-14(10-13)11-17(2,3)19-16/h7-8,10,12,15,18H,4-6,9,11H2,1-3H3. The van der Waals surface area contributed by atoms with Crippen LogP contribution in [0.15, 0.2) is 18.2 Å². The molecule has 1 aliphatic heterocycles. The number of hydrogen-bond donors (Lipinski definition) is 1. The van der Waals surface area contributed by atoms with Gasteiger partial charge in [0.05, 0.1) is 0 Å². The molecule has 1 saturated carbocycles. The predicted molar refractivity (Wildman–Crippen MR) is 78.6 cm³/mol. The molecule has 1 heterocycles. The van der Waals surface area contributed by atoms with Gasteiger partial charge in [0.1, 0.15) is 11.4 Å². The van der Waals surface area contributed by atoms with Crippen LogP contribution in [-0.4, -0.2) is 12.1 Å². The van der Waals surface area contributed by atoms with Crippen LogP contribution in [0.2, 0.25) is 0 Å². The Balaban J connectivity index is 1.80. The Morgan fingerprint density at radius 1 is 1.37 bits per heavy atom. The molecule has 19 heavy (non-hydrogen) atoms.